The van der Waals surface area contributed by atoms with Gasteiger partial charge in [0, 0.05) is 0 Å². The van der Waals surface area contributed by atoms with Gasteiger partial charge in [0.1, 0.15) is 0 Å². The fourth-order valence-corrected chi connectivity index (χ4v) is 6.85. The predicted octanol–water partition coefficient (Wildman–Crippen LogP) is 7.45. The van der Waals surface area contributed by atoms with Gasteiger partial charge in [0.2, 0.25) is 5.82 Å². The first-order valence-electron chi connectivity index (χ1n) is 12.3. The third kappa shape index (κ3) is 4.96. The van der Waals surface area contributed by atoms with Gasteiger partial charge in [-0.25, -0.2) is 8.78 Å². The molecule has 4 rings (SSSR count). The largest absolute Gasteiger partial charge is 0.423 e. The molecule has 3 saturated carbocycles. The summed E-state index contributed by atoms with van der Waals surface area (Å²) in [5.74, 6) is -2.27. The molecule has 4 atom stereocenters. The Kier molecular flexibility index (Phi) is 7.28. The Hall–Kier alpha value is -1.52. The molecule has 3 aliphatic carbocycles. The summed E-state index contributed by atoms with van der Waals surface area (Å²) in [5.41, 5.74) is 0. The van der Waals surface area contributed by atoms with E-state index in [1.54, 1.807) is 0 Å². The van der Waals surface area contributed by atoms with Gasteiger partial charge < -0.3 is 4.74 Å². The average Bonchev–Trinajstić information content (AvgIpc) is 2.79. The molecule has 3 fully saturated rings. The van der Waals surface area contributed by atoms with Gasteiger partial charge in [-0.15, -0.1) is 0 Å². The number of carbonyl (C=O) groups excluding carboxylic acids is 1. The molecular formula is C26H35F3O2. The Bertz CT molecular complexity index is 772. The zero-order valence-electron chi connectivity index (χ0n) is 18.6. The van der Waals surface area contributed by atoms with Gasteiger partial charge >= 0.3 is 5.97 Å². The minimum Gasteiger partial charge on any atom is -0.423 e. The van der Waals surface area contributed by atoms with E-state index in [4.69, 9.17) is 4.74 Å². The van der Waals surface area contributed by atoms with E-state index >= 15 is 0 Å². The molecule has 172 valence electrons. The van der Waals surface area contributed by atoms with Gasteiger partial charge in [-0.05, 0) is 80.2 Å². The van der Waals surface area contributed by atoms with Crippen molar-refractivity contribution in [3.8, 4) is 5.75 Å². The standard InChI is InChI=1S/C26H35F3O2/c1-2-4-16-7-9-17(10-8-16)18-11-12-20-19(15-18)5-3-6-21(20)26(30)31-23-14-13-22(27)24(28)25(23)29/h13-14,16-21H,2-12,15H2,1H3. The van der Waals surface area contributed by atoms with Crippen molar-refractivity contribution in [1.29, 1.82) is 0 Å². The quantitative estimate of drug-likeness (QED) is 0.272. The molecule has 5 heteroatoms. The SMILES string of the molecule is CCCC1CCC(C2CCC3C(CCCC3C(=O)Oc3ccc(F)c(F)c3F)C2)CC1. The maximum absolute atomic E-state index is 14.0. The van der Waals surface area contributed by atoms with Crippen molar-refractivity contribution in [1.82, 2.24) is 0 Å². The fraction of sp³-hybridized carbons (Fsp3) is 0.731. The number of hydrogen-bond acceptors (Lipinski definition) is 2. The van der Waals surface area contributed by atoms with Gasteiger partial charge in [0.15, 0.2) is 17.4 Å². The van der Waals surface area contributed by atoms with Gasteiger partial charge in [-0.3, -0.25) is 4.79 Å². The van der Waals surface area contributed by atoms with Crippen LogP contribution >= 0.6 is 0 Å². The average molecular weight is 437 g/mol. The maximum Gasteiger partial charge on any atom is 0.314 e. The molecule has 1 aromatic carbocycles. The third-order valence-electron chi connectivity index (χ3n) is 8.46. The molecular weight excluding hydrogens is 401 g/mol. The van der Waals surface area contributed by atoms with Crippen molar-refractivity contribution < 1.29 is 22.7 Å². The van der Waals surface area contributed by atoms with E-state index in [9.17, 15) is 18.0 Å². The van der Waals surface area contributed by atoms with E-state index in [-0.39, 0.29) is 11.8 Å². The molecule has 0 heterocycles. The first-order chi connectivity index (χ1) is 15.0. The van der Waals surface area contributed by atoms with E-state index in [0.717, 1.165) is 62.0 Å². The van der Waals surface area contributed by atoms with Crippen LogP contribution in [0.4, 0.5) is 13.2 Å². The van der Waals surface area contributed by atoms with Crippen LogP contribution in [0.15, 0.2) is 12.1 Å². The highest BCUT2D eigenvalue weighted by molar-refractivity contribution is 5.75. The minimum atomic E-state index is -1.60. The minimum absolute atomic E-state index is 0.266. The molecule has 31 heavy (non-hydrogen) atoms. The number of hydrogen-bond donors (Lipinski definition) is 0. The Balaban J connectivity index is 1.35. The van der Waals surface area contributed by atoms with E-state index in [0.29, 0.717) is 5.92 Å². The van der Waals surface area contributed by atoms with Crippen molar-refractivity contribution in [3.63, 3.8) is 0 Å². The van der Waals surface area contributed by atoms with Gasteiger partial charge in [-0.1, -0.05) is 45.4 Å². The summed E-state index contributed by atoms with van der Waals surface area (Å²) in [6, 6.07) is 1.79. The monoisotopic (exact) mass is 436 g/mol. The van der Waals surface area contributed by atoms with Crippen molar-refractivity contribution in [3.05, 3.63) is 29.6 Å². The van der Waals surface area contributed by atoms with Crippen molar-refractivity contribution in [2.45, 2.75) is 84.0 Å². The lowest BCUT2D eigenvalue weighted by Gasteiger charge is -2.46. The molecule has 3 aliphatic rings. The van der Waals surface area contributed by atoms with Crippen LogP contribution in [0.5, 0.6) is 5.75 Å². The van der Waals surface area contributed by atoms with Crippen molar-refractivity contribution >= 4 is 5.97 Å². The lowest BCUT2D eigenvalue weighted by atomic mass is 9.59. The first kappa shape index (κ1) is 22.7. The summed E-state index contributed by atoms with van der Waals surface area (Å²) in [4.78, 5) is 12.8. The maximum atomic E-state index is 14.0. The second kappa shape index (κ2) is 9.95. The van der Waals surface area contributed by atoms with Crippen molar-refractivity contribution in [2.75, 3.05) is 0 Å². The van der Waals surface area contributed by atoms with E-state index in [2.05, 4.69) is 6.92 Å². The zero-order valence-corrected chi connectivity index (χ0v) is 18.6. The van der Waals surface area contributed by atoms with Gasteiger partial charge in [0.05, 0.1) is 5.92 Å². The summed E-state index contributed by atoms with van der Waals surface area (Å²) < 4.78 is 45.9. The van der Waals surface area contributed by atoms with E-state index in [1.807, 2.05) is 0 Å². The van der Waals surface area contributed by atoms with Crippen molar-refractivity contribution in [2.24, 2.45) is 35.5 Å². The molecule has 0 amide bonds. The number of halogens is 3. The molecule has 0 saturated heterocycles. The number of fused-ring (bicyclic) bond motifs is 1. The number of carbonyl (C=O) groups is 1. The Morgan fingerprint density at radius 2 is 1.65 bits per heavy atom. The lowest BCUT2D eigenvalue weighted by Crippen LogP contribution is -2.40. The summed E-state index contributed by atoms with van der Waals surface area (Å²) in [6.07, 6.45) is 14.3. The van der Waals surface area contributed by atoms with Crippen LogP contribution in [0.2, 0.25) is 0 Å². The van der Waals surface area contributed by atoms with Crippen LogP contribution in [0, 0.1) is 53.0 Å². The van der Waals surface area contributed by atoms with E-state index in [1.165, 1.54) is 44.9 Å². The van der Waals surface area contributed by atoms with E-state index < -0.39 is 29.2 Å². The van der Waals surface area contributed by atoms with Gasteiger partial charge in [-0.2, -0.15) is 4.39 Å². The summed E-state index contributed by atoms with van der Waals surface area (Å²) in [6.45, 7) is 2.28. The second-order valence-electron chi connectivity index (χ2n) is 10.2. The molecule has 0 N–H and O–H groups in total. The normalized spacial score (nSPS) is 33.5. The molecule has 4 unspecified atom stereocenters. The van der Waals surface area contributed by atoms with Crippen LogP contribution in [-0.2, 0) is 4.79 Å². The van der Waals surface area contributed by atoms with Crippen LogP contribution in [0.25, 0.3) is 0 Å². The zero-order chi connectivity index (χ0) is 22.0. The van der Waals surface area contributed by atoms with Crippen LogP contribution in [0.1, 0.15) is 84.0 Å². The first-order valence-corrected chi connectivity index (χ1v) is 12.3. The fourth-order valence-electron chi connectivity index (χ4n) is 6.85. The predicted molar refractivity (Wildman–Crippen MR) is 114 cm³/mol. The third-order valence-corrected chi connectivity index (χ3v) is 8.46. The molecule has 0 bridgehead atoms. The summed E-state index contributed by atoms with van der Waals surface area (Å²) in [5, 5.41) is 0. The smallest absolute Gasteiger partial charge is 0.314 e. The van der Waals surface area contributed by atoms with Crippen LogP contribution < -0.4 is 4.74 Å². The molecule has 0 aliphatic heterocycles. The summed E-state index contributed by atoms with van der Waals surface area (Å²) >= 11 is 0. The highest BCUT2D eigenvalue weighted by Gasteiger charge is 2.43. The Labute approximate surface area is 183 Å². The number of esters is 1. The summed E-state index contributed by atoms with van der Waals surface area (Å²) in [7, 11) is 0. The molecule has 0 spiro atoms. The molecule has 0 aromatic heterocycles. The molecule has 2 nitrogen and oxygen atoms in total. The Morgan fingerprint density at radius 3 is 2.39 bits per heavy atom. The van der Waals surface area contributed by atoms with Crippen LogP contribution in [-0.4, -0.2) is 5.97 Å². The number of benzene rings is 1. The molecule has 0 radical (unpaired) electrons. The number of ether oxygens (including phenoxy) is 1. The second-order valence-corrected chi connectivity index (χ2v) is 10.2. The van der Waals surface area contributed by atoms with Gasteiger partial charge in [0.25, 0.3) is 0 Å². The Morgan fingerprint density at radius 1 is 0.903 bits per heavy atom. The van der Waals surface area contributed by atoms with Crippen LogP contribution in [0.3, 0.4) is 0 Å². The topological polar surface area (TPSA) is 26.3 Å². The highest BCUT2D eigenvalue weighted by atomic mass is 19.2. The lowest BCUT2D eigenvalue weighted by molar-refractivity contribution is -0.144. The molecule has 1 aromatic rings. The highest BCUT2D eigenvalue weighted by Crippen LogP contribution is 2.50. The number of rotatable bonds is 5.